The predicted octanol–water partition coefficient (Wildman–Crippen LogP) is 0.105. The van der Waals surface area contributed by atoms with Crippen LogP contribution >= 0.6 is 0 Å². The summed E-state index contributed by atoms with van der Waals surface area (Å²) in [5.41, 5.74) is 0. The Morgan fingerprint density at radius 1 is 1.22 bits per heavy atom. The van der Waals surface area contributed by atoms with E-state index >= 15 is 0 Å². The number of anilines is 1. The molecule has 2 aromatic rings. The Hall–Kier alpha value is -2.10. The van der Waals surface area contributed by atoms with Crippen molar-refractivity contribution in [3.8, 4) is 0 Å². The van der Waals surface area contributed by atoms with Gasteiger partial charge in [0.25, 0.3) is 5.82 Å². The van der Waals surface area contributed by atoms with Crippen LogP contribution in [0.2, 0.25) is 6.82 Å². The monoisotopic (exact) mass is 236 g/mol. The second-order valence-electron chi connectivity index (χ2n) is 4.59. The van der Waals surface area contributed by atoms with Crippen molar-refractivity contribution in [1.82, 2.24) is 4.98 Å². The molecule has 18 heavy (non-hydrogen) atoms. The lowest BCUT2D eigenvalue weighted by Gasteiger charge is -2.19. The van der Waals surface area contributed by atoms with E-state index in [4.69, 9.17) is 0 Å². The minimum Gasteiger partial charge on any atom is -0.293 e. The van der Waals surface area contributed by atoms with Gasteiger partial charge in [-0.3, -0.25) is 9.79 Å². The standard InChI is InChI=1S/C14H15BN3/c1-15-10-13-12(6-5-8-16-13)11-18(15)14-7-3-4-9-17(14)2/h3-11H,1-2H3/q+1. The fourth-order valence-corrected chi connectivity index (χ4v) is 2.31. The van der Waals surface area contributed by atoms with Crippen LogP contribution in [0, 0.1) is 0 Å². The molecule has 3 rings (SSSR count). The Morgan fingerprint density at radius 2 is 2.11 bits per heavy atom. The van der Waals surface area contributed by atoms with Gasteiger partial charge in [0.05, 0.1) is 24.8 Å². The van der Waals surface area contributed by atoms with Crippen LogP contribution in [-0.2, 0) is 7.05 Å². The molecule has 0 atom stereocenters. The zero-order valence-electron chi connectivity index (χ0n) is 10.6. The summed E-state index contributed by atoms with van der Waals surface area (Å²) in [5.74, 6) is 3.37. The highest BCUT2D eigenvalue weighted by Gasteiger charge is 2.27. The molecule has 3 nitrogen and oxygen atoms in total. The number of aromatic nitrogens is 2. The highest BCUT2D eigenvalue weighted by molar-refractivity contribution is 6.76. The predicted molar refractivity (Wildman–Crippen MR) is 74.1 cm³/mol. The molecule has 0 amide bonds. The highest BCUT2D eigenvalue weighted by atomic mass is 15.2. The molecule has 0 saturated heterocycles. The Labute approximate surface area is 107 Å². The van der Waals surface area contributed by atoms with Crippen molar-refractivity contribution < 1.29 is 4.57 Å². The first-order valence-corrected chi connectivity index (χ1v) is 6.13. The molecule has 1 aliphatic rings. The van der Waals surface area contributed by atoms with Crippen LogP contribution in [-0.4, -0.2) is 11.8 Å². The van der Waals surface area contributed by atoms with Crippen molar-refractivity contribution in [2.75, 3.05) is 4.81 Å². The van der Waals surface area contributed by atoms with Gasteiger partial charge in [0.2, 0.25) is 0 Å². The Morgan fingerprint density at radius 3 is 2.94 bits per heavy atom. The summed E-state index contributed by atoms with van der Waals surface area (Å²) in [5, 5.41) is 2.24. The molecule has 2 aromatic heterocycles. The molecule has 0 N–H and O–H groups in total. The summed E-state index contributed by atoms with van der Waals surface area (Å²) in [4.78, 5) is 6.67. The number of hydrogen-bond donors (Lipinski definition) is 0. The number of pyridine rings is 2. The van der Waals surface area contributed by atoms with Crippen molar-refractivity contribution in [3.63, 3.8) is 0 Å². The van der Waals surface area contributed by atoms with E-state index in [0.717, 1.165) is 5.35 Å². The summed E-state index contributed by atoms with van der Waals surface area (Å²) in [7, 11) is 2.06. The van der Waals surface area contributed by atoms with Crippen LogP contribution in [0.15, 0.2) is 42.7 Å². The minimum atomic E-state index is 0.306. The van der Waals surface area contributed by atoms with Gasteiger partial charge >= 0.3 is 6.85 Å². The first kappa shape index (κ1) is 11.0. The number of nitrogens with zero attached hydrogens (tertiary/aromatic N) is 3. The molecule has 3 heterocycles. The van der Waals surface area contributed by atoms with Gasteiger partial charge in [0, 0.05) is 17.5 Å². The third-order valence-electron chi connectivity index (χ3n) is 3.28. The Balaban J connectivity index is 2.16. The minimum absolute atomic E-state index is 0.306. The third-order valence-corrected chi connectivity index (χ3v) is 3.28. The molecule has 0 fully saturated rings. The van der Waals surface area contributed by atoms with Crippen LogP contribution in [0.3, 0.4) is 0 Å². The van der Waals surface area contributed by atoms with Crippen LogP contribution in [0.25, 0.3) is 12.2 Å². The van der Waals surface area contributed by atoms with E-state index in [9.17, 15) is 0 Å². The van der Waals surface area contributed by atoms with Crippen molar-refractivity contribution in [2.24, 2.45) is 7.05 Å². The summed E-state index contributed by atoms with van der Waals surface area (Å²) in [6.07, 6.45) is 6.07. The second kappa shape index (κ2) is 4.29. The SMILES string of the molecule is CB1C=c2ncccc2=CN1c1cccc[n+]1C. The number of fused-ring (bicyclic) bond motifs is 1. The first-order valence-electron chi connectivity index (χ1n) is 6.13. The van der Waals surface area contributed by atoms with Crippen molar-refractivity contribution in [2.45, 2.75) is 6.82 Å². The maximum Gasteiger partial charge on any atom is 0.403 e. The smallest absolute Gasteiger partial charge is 0.293 e. The molecular formula is C14H15BN3+. The van der Waals surface area contributed by atoms with E-state index in [2.05, 4.69) is 64.8 Å². The molecule has 88 valence electrons. The summed E-state index contributed by atoms with van der Waals surface area (Å²) < 4.78 is 2.13. The number of hydrogen-bond acceptors (Lipinski definition) is 2. The zero-order chi connectivity index (χ0) is 12.5. The van der Waals surface area contributed by atoms with E-state index in [0.29, 0.717) is 6.85 Å². The summed E-state index contributed by atoms with van der Waals surface area (Å²) in [6, 6.07) is 10.3. The van der Waals surface area contributed by atoms with Crippen molar-refractivity contribution in [3.05, 3.63) is 53.3 Å². The molecule has 0 radical (unpaired) electrons. The van der Waals surface area contributed by atoms with Gasteiger partial charge in [-0.25, -0.2) is 4.57 Å². The topological polar surface area (TPSA) is 20.0 Å². The lowest BCUT2D eigenvalue weighted by molar-refractivity contribution is -0.658. The van der Waals surface area contributed by atoms with Gasteiger partial charge in [-0.2, -0.15) is 0 Å². The molecular weight excluding hydrogens is 221 g/mol. The largest absolute Gasteiger partial charge is 0.403 e. The molecule has 0 spiro atoms. The van der Waals surface area contributed by atoms with Gasteiger partial charge in [-0.15, -0.1) is 0 Å². The quantitative estimate of drug-likeness (QED) is 0.517. The van der Waals surface area contributed by atoms with E-state index in [-0.39, 0.29) is 0 Å². The average molecular weight is 236 g/mol. The molecule has 4 heteroatoms. The van der Waals surface area contributed by atoms with E-state index < -0.39 is 0 Å². The van der Waals surface area contributed by atoms with Gasteiger partial charge < -0.3 is 0 Å². The number of rotatable bonds is 1. The van der Waals surface area contributed by atoms with Crippen molar-refractivity contribution in [1.29, 1.82) is 0 Å². The fraction of sp³-hybridized carbons (Fsp3) is 0.143. The second-order valence-corrected chi connectivity index (χ2v) is 4.59. The lowest BCUT2D eigenvalue weighted by atomic mass is 9.62. The normalized spacial score (nSPS) is 13.7. The number of aryl methyl sites for hydroxylation is 1. The van der Waals surface area contributed by atoms with E-state index in [1.54, 1.807) is 0 Å². The van der Waals surface area contributed by atoms with Crippen LogP contribution < -0.4 is 19.9 Å². The molecule has 0 unspecified atom stereocenters. The van der Waals surface area contributed by atoms with Gasteiger partial charge in [-0.1, -0.05) is 6.07 Å². The molecule has 0 aliphatic carbocycles. The van der Waals surface area contributed by atoms with E-state index in [1.165, 1.54) is 11.0 Å². The zero-order valence-corrected chi connectivity index (χ0v) is 10.6. The maximum absolute atomic E-state index is 4.40. The highest BCUT2D eigenvalue weighted by Crippen LogP contribution is 2.11. The lowest BCUT2D eigenvalue weighted by Crippen LogP contribution is -2.48. The third kappa shape index (κ3) is 1.80. The molecule has 0 bridgehead atoms. The van der Waals surface area contributed by atoms with Crippen LogP contribution in [0.5, 0.6) is 0 Å². The molecule has 0 aromatic carbocycles. The maximum atomic E-state index is 4.40. The van der Waals surface area contributed by atoms with Crippen LogP contribution in [0.1, 0.15) is 0 Å². The van der Waals surface area contributed by atoms with Crippen LogP contribution in [0.4, 0.5) is 5.82 Å². The Kier molecular flexibility index (Phi) is 2.63. The fourth-order valence-electron chi connectivity index (χ4n) is 2.31. The molecule has 1 aliphatic heterocycles. The average Bonchev–Trinajstić information content (AvgIpc) is 2.39. The Bertz CT molecular complexity index is 696. The summed E-state index contributed by atoms with van der Waals surface area (Å²) >= 11 is 0. The molecule has 0 saturated carbocycles. The van der Waals surface area contributed by atoms with Crippen molar-refractivity contribution >= 4 is 24.8 Å². The van der Waals surface area contributed by atoms with Gasteiger partial charge in [-0.05, 0) is 31.0 Å². The van der Waals surface area contributed by atoms with Gasteiger partial charge in [0.1, 0.15) is 0 Å². The first-order chi connectivity index (χ1) is 8.75. The summed E-state index contributed by atoms with van der Waals surface area (Å²) in [6.45, 7) is 2.49. The van der Waals surface area contributed by atoms with E-state index in [1.807, 2.05) is 18.3 Å². The van der Waals surface area contributed by atoms with Gasteiger partial charge in [0.15, 0.2) is 0 Å².